The molecule has 106 valence electrons. The van der Waals surface area contributed by atoms with Crippen molar-refractivity contribution in [2.75, 3.05) is 0 Å². The molecule has 1 aromatic heterocycles. The van der Waals surface area contributed by atoms with Crippen LogP contribution in [0.4, 0.5) is 0 Å². The van der Waals surface area contributed by atoms with Crippen molar-refractivity contribution in [1.29, 1.82) is 0 Å². The largest absolute Gasteiger partial charge is 0.346 e. The Labute approximate surface area is 132 Å². The van der Waals surface area contributed by atoms with Gasteiger partial charge in [0, 0.05) is 5.54 Å². The quantitative estimate of drug-likeness (QED) is 0.834. The Balaban J connectivity index is 1.92. The number of rotatable bonds is 5. The summed E-state index contributed by atoms with van der Waals surface area (Å²) in [5.74, 6) is -0.00115. The minimum atomic E-state index is -0.219. The first-order valence-electron chi connectivity index (χ1n) is 6.58. The average molecular weight is 352 g/mol. The van der Waals surface area contributed by atoms with Crippen molar-refractivity contribution in [3.8, 4) is 0 Å². The molecular weight excluding hydrogens is 334 g/mol. The second kappa shape index (κ2) is 6.55. The van der Waals surface area contributed by atoms with Gasteiger partial charge in [0.15, 0.2) is 0 Å². The van der Waals surface area contributed by atoms with E-state index in [9.17, 15) is 4.79 Å². The lowest BCUT2D eigenvalue weighted by atomic mass is 9.95. The van der Waals surface area contributed by atoms with Crippen molar-refractivity contribution in [2.24, 2.45) is 0 Å². The monoisotopic (exact) mass is 351 g/mol. The van der Waals surface area contributed by atoms with Gasteiger partial charge >= 0.3 is 0 Å². The molecule has 1 aromatic carbocycles. The van der Waals surface area contributed by atoms with Crippen LogP contribution in [0, 0.1) is 0 Å². The molecule has 0 radical (unpaired) electrons. The Morgan fingerprint density at radius 3 is 2.50 bits per heavy atom. The van der Waals surface area contributed by atoms with E-state index in [1.807, 2.05) is 30.3 Å². The van der Waals surface area contributed by atoms with Gasteiger partial charge in [0.05, 0.1) is 8.66 Å². The first-order chi connectivity index (χ1) is 9.46. The van der Waals surface area contributed by atoms with Crippen LogP contribution in [-0.4, -0.2) is 11.4 Å². The number of carbonyl (C=O) groups excluding carboxylic acids is 1. The maximum atomic E-state index is 12.2. The van der Waals surface area contributed by atoms with Crippen LogP contribution < -0.4 is 5.32 Å². The highest BCUT2D eigenvalue weighted by Crippen LogP contribution is 2.23. The molecule has 0 saturated carbocycles. The van der Waals surface area contributed by atoms with Gasteiger partial charge in [-0.2, -0.15) is 0 Å². The molecule has 2 rings (SSSR count). The highest BCUT2D eigenvalue weighted by molar-refractivity contribution is 9.11. The summed E-state index contributed by atoms with van der Waals surface area (Å²) < 4.78 is 0.977. The number of thiophene rings is 1. The molecule has 0 fully saturated rings. The number of aryl methyl sites for hydroxylation is 1. The van der Waals surface area contributed by atoms with E-state index < -0.39 is 0 Å². The van der Waals surface area contributed by atoms with Crippen LogP contribution in [0.2, 0.25) is 0 Å². The van der Waals surface area contributed by atoms with E-state index in [2.05, 4.69) is 47.2 Å². The summed E-state index contributed by atoms with van der Waals surface area (Å²) in [6, 6.07) is 14.1. The van der Waals surface area contributed by atoms with E-state index >= 15 is 0 Å². The van der Waals surface area contributed by atoms with Crippen LogP contribution in [0.15, 0.2) is 46.3 Å². The van der Waals surface area contributed by atoms with Crippen molar-refractivity contribution >= 4 is 33.2 Å². The summed E-state index contributed by atoms with van der Waals surface area (Å²) in [5, 5.41) is 3.11. The molecule has 1 N–H and O–H groups in total. The Bertz CT molecular complexity index is 577. The van der Waals surface area contributed by atoms with E-state index in [4.69, 9.17) is 0 Å². The number of hydrogen-bond donors (Lipinski definition) is 1. The van der Waals surface area contributed by atoms with E-state index in [1.165, 1.54) is 16.9 Å². The van der Waals surface area contributed by atoms with Crippen LogP contribution in [0.1, 0.15) is 35.5 Å². The number of hydrogen-bond acceptors (Lipinski definition) is 2. The standard InChI is InChI=1S/C16H18BrNOS/c1-16(2,11-10-12-6-4-3-5-7-12)18-15(19)13-8-9-14(17)20-13/h3-9H,10-11H2,1-2H3,(H,18,19). The Morgan fingerprint density at radius 2 is 1.90 bits per heavy atom. The van der Waals surface area contributed by atoms with Gasteiger partial charge in [-0.1, -0.05) is 30.3 Å². The molecule has 20 heavy (non-hydrogen) atoms. The van der Waals surface area contributed by atoms with Gasteiger partial charge in [-0.05, 0) is 60.3 Å². The fourth-order valence-corrected chi connectivity index (χ4v) is 3.25. The lowest BCUT2D eigenvalue weighted by Gasteiger charge is -2.26. The van der Waals surface area contributed by atoms with E-state index in [0.29, 0.717) is 0 Å². The van der Waals surface area contributed by atoms with Crippen molar-refractivity contribution in [3.05, 3.63) is 56.7 Å². The number of carbonyl (C=O) groups is 1. The third-order valence-corrected chi connectivity index (χ3v) is 4.75. The molecule has 0 atom stereocenters. The van der Waals surface area contributed by atoms with Crippen molar-refractivity contribution in [2.45, 2.75) is 32.2 Å². The second-order valence-corrected chi connectivity index (χ2v) is 7.89. The molecule has 1 amide bonds. The topological polar surface area (TPSA) is 29.1 Å². The first kappa shape index (κ1) is 15.3. The van der Waals surface area contributed by atoms with Gasteiger partial charge in [-0.15, -0.1) is 11.3 Å². The maximum absolute atomic E-state index is 12.2. The van der Waals surface area contributed by atoms with Crippen molar-refractivity contribution in [1.82, 2.24) is 5.32 Å². The molecule has 0 unspecified atom stereocenters. The third kappa shape index (κ3) is 4.46. The summed E-state index contributed by atoms with van der Waals surface area (Å²) in [6.07, 6.45) is 1.87. The van der Waals surface area contributed by atoms with Crippen LogP contribution in [-0.2, 0) is 6.42 Å². The zero-order chi connectivity index (χ0) is 14.6. The molecule has 0 spiro atoms. The summed E-state index contributed by atoms with van der Waals surface area (Å²) in [7, 11) is 0. The fraction of sp³-hybridized carbons (Fsp3) is 0.312. The summed E-state index contributed by atoms with van der Waals surface area (Å²) in [5.41, 5.74) is 1.08. The SMILES string of the molecule is CC(C)(CCc1ccccc1)NC(=O)c1ccc(Br)s1. The smallest absolute Gasteiger partial charge is 0.261 e. The normalized spacial score (nSPS) is 11.3. The fourth-order valence-electron chi connectivity index (χ4n) is 1.97. The molecule has 0 aliphatic carbocycles. The molecule has 0 aliphatic rings. The molecule has 0 aliphatic heterocycles. The van der Waals surface area contributed by atoms with E-state index in [-0.39, 0.29) is 11.4 Å². The lowest BCUT2D eigenvalue weighted by molar-refractivity contribution is 0.0913. The number of amides is 1. The Kier molecular flexibility index (Phi) is 5.00. The highest BCUT2D eigenvalue weighted by Gasteiger charge is 2.21. The highest BCUT2D eigenvalue weighted by atomic mass is 79.9. The molecule has 0 saturated heterocycles. The maximum Gasteiger partial charge on any atom is 0.261 e. The Morgan fingerprint density at radius 1 is 1.20 bits per heavy atom. The van der Waals surface area contributed by atoms with E-state index in [1.54, 1.807) is 0 Å². The minimum absolute atomic E-state index is 0.00115. The Hall–Kier alpha value is -1.13. The molecule has 2 aromatic rings. The van der Waals surface area contributed by atoms with Crippen LogP contribution in [0.5, 0.6) is 0 Å². The lowest BCUT2D eigenvalue weighted by Crippen LogP contribution is -2.43. The molecule has 4 heteroatoms. The molecule has 1 heterocycles. The van der Waals surface area contributed by atoms with Gasteiger partial charge in [0.2, 0.25) is 0 Å². The van der Waals surface area contributed by atoms with Crippen LogP contribution in [0.3, 0.4) is 0 Å². The predicted octanol–water partition coefficient (Wildman–Crippen LogP) is 4.65. The van der Waals surface area contributed by atoms with Crippen LogP contribution >= 0.6 is 27.3 Å². The summed E-state index contributed by atoms with van der Waals surface area (Å²) in [4.78, 5) is 12.9. The van der Waals surface area contributed by atoms with Gasteiger partial charge in [-0.25, -0.2) is 0 Å². The minimum Gasteiger partial charge on any atom is -0.346 e. The average Bonchev–Trinajstić information content (AvgIpc) is 2.84. The van der Waals surface area contributed by atoms with E-state index in [0.717, 1.165) is 21.5 Å². The summed E-state index contributed by atoms with van der Waals surface area (Å²) in [6.45, 7) is 4.13. The van der Waals surface area contributed by atoms with Gasteiger partial charge < -0.3 is 5.32 Å². The van der Waals surface area contributed by atoms with Gasteiger partial charge in [-0.3, -0.25) is 4.79 Å². The zero-order valence-corrected chi connectivity index (χ0v) is 14.1. The molecule has 2 nitrogen and oxygen atoms in total. The summed E-state index contributed by atoms with van der Waals surface area (Å²) >= 11 is 4.84. The molecule has 0 bridgehead atoms. The second-order valence-electron chi connectivity index (χ2n) is 5.43. The van der Waals surface area contributed by atoms with Crippen molar-refractivity contribution < 1.29 is 4.79 Å². The van der Waals surface area contributed by atoms with Crippen LogP contribution in [0.25, 0.3) is 0 Å². The van der Waals surface area contributed by atoms with Crippen molar-refractivity contribution in [3.63, 3.8) is 0 Å². The zero-order valence-electron chi connectivity index (χ0n) is 11.7. The first-order valence-corrected chi connectivity index (χ1v) is 8.19. The number of nitrogens with one attached hydrogen (secondary N) is 1. The number of benzene rings is 1. The molecular formula is C16H18BrNOS. The third-order valence-electron chi connectivity index (χ3n) is 3.13. The number of halogens is 1. The van der Waals surface area contributed by atoms with Gasteiger partial charge in [0.25, 0.3) is 5.91 Å². The predicted molar refractivity (Wildman–Crippen MR) is 88.3 cm³/mol. The van der Waals surface area contributed by atoms with Gasteiger partial charge in [0.1, 0.15) is 0 Å².